The van der Waals surface area contributed by atoms with Crippen LogP contribution in [0, 0.1) is 23.6 Å². The molecule has 5 rings (SSSR count). The van der Waals surface area contributed by atoms with Gasteiger partial charge in [0.1, 0.15) is 37.1 Å². The van der Waals surface area contributed by atoms with Crippen LogP contribution in [0.1, 0.15) is 82.3 Å². The number of benzene rings is 2. The van der Waals surface area contributed by atoms with Crippen LogP contribution in [-0.4, -0.2) is 78.8 Å². The SMILES string of the molecule is C=CCOC12Oc3ccc(OCc4ccccc4F)cc3C3C(CCCCO)C(CCCCO)C=C(C(=NOC)CC1N(CCC)C(=O)OCC)C32. The van der Waals surface area contributed by atoms with Gasteiger partial charge < -0.3 is 34.0 Å². The van der Waals surface area contributed by atoms with Crippen LogP contribution in [-0.2, 0) is 20.9 Å². The molecule has 6 atom stereocenters. The Morgan fingerprint density at radius 2 is 1.88 bits per heavy atom. The molecule has 1 fully saturated rings. The van der Waals surface area contributed by atoms with Crippen LogP contribution in [0.5, 0.6) is 11.5 Å². The predicted octanol–water partition coefficient (Wildman–Crippen LogP) is 7.54. The summed E-state index contributed by atoms with van der Waals surface area (Å²) in [5, 5.41) is 24.1. The molecule has 0 bridgehead atoms. The molecule has 0 spiro atoms. The Morgan fingerprint density at radius 1 is 1.12 bits per heavy atom. The molecule has 284 valence electrons. The minimum Gasteiger partial charge on any atom is -0.489 e. The molecule has 1 saturated carbocycles. The number of aliphatic hydroxyl groups is 2. The van der Waals surface area contributed by atoms with E-state index in [-0.39, 0.29) is 56.6 Å². The fourth-order valence-electron chi connectivity index (χ4n) is 8.45. The number of oxime groups is 1. The maximum atomic E-state index is 14.6. The third-order valence-electron chi connectivity index (χ3n) is 10.5. The zero-order chi connectivity index (χ0) is 37.1. The lowest BCUT2D eigenvalue weighted by molar-refractivity contribution is -0.255. The normalized spacial score (nSPS) is 25.3. The van der Waals surface area contributed by atoms with Crippen molar-refractivity contribution in [3.63, 3.8) is 0 Å². The first kappa shape index (κ1) is 39.3. The van der Waals surface area contributed by atoms with E-state index in [1.807, 2.05) is 25.1 Å². The Labute approximate surface area is 307 Å². The van der Waals surface area contributed by atoms with E-state index in [1.54, 1.807) is 36.1 Å². The number of aliphatic hydroxyl groups excluding tert-OH is 2. The highest BCUT2D eigenvalue weighted by atomic mass is 19.1. The van der Waals surface area contributed by atoms with E-state index in [0.717, 1.165) is 36.8 Å². The number of hydrogen-bond acceptors (Lipinski definition) is 9. The second kappa shape index (κ2) is 18.7. The molecule has 2 N–H and O–H groups in total. The summed E-state index contributed by atoms with van der Waals surface area (Å²) in [6, 6.07) is 11.6. The van der Waals surface area contributed by atoms with Gasteiger partial charge in [-0.1, -0.05) is 55.3 Å². The van der Waals surface area contributed by atoms with E-state index in [0.29, 0.717) is 55.0 Å². The lowest BCUT2D eigenvalue weighted by atomic mass is 9.55. The molecule has 2 aromatic carbocycles. The number of ether oxygens (including phenoxy) is 4. The molecule has 2 aromatic rings. The molecule has 1 amide bonds. The lowest BCUT2D eigenvalue weighted by Crippen LogP contribution is -2.70. The van der Waals surface area contributed by atoms with Gasteiger partial charge in [-0.2, -0.15) is 0 Å². The Morgan fingerprint density at radius 3 is 2.58 bits per heavy atom. The van der Waals surface area contributed by atoms with Crippen molar-refractivity contribution in [3.05, 3.63) is 83.7 Å². The maximum absolute atomic E-state index is 14.6. The van der Waals surface area contributed by atoms with Crippen molar-refractivity contribution in [1.29, 1.82) is 0 Å². The van der Waals surface area contributed by atoms with Gasteiger partial charge in [0.15, 0.2) is 0 Å². The van der Waals surface area contributed by atoms with Gasteiger partial charge in [-0.15, -0.1) is 6.58 Å². The summed E-state index contributed by atoms with van der Waals surface area (Å²) in [4.78, 5) is 21.0. The summed E-state index contributed by atoms with van der Waals surface area (Å²) >= 11 is 0. The van der Waals surface area contributed by atoms with Gasteiger partial charge in [-0.05, 0) is 80.7 Å². The van der Waals surface area contributed by atoms with Gasteiger partial charge in [0.25, 0.3) is 0 Å². The molecular weight excluding hydrogens is 667 g/mol. The highest BCUT2D eigenvalue weighted by Gasteiger charge is 2.65. The molecule has 10 nitrogen and oxygen atoms in total. The molecule has 0 saturated heterocycles. The summed E-state index contributed by atoms with van der Waals surface area (Å²) in [6.07, 6.45) is 9.13. The van der Waals surface area contributed by atoms with Crippen LogP contribution in [0.3, 0.4) is 0 Å². The van der Waals surface area contributed by atoms with Crippen molar-refractivity contribution in [2.75, 3.05) is 40.1 Å². The number of amides is 1. The number of allylic oxidation sites excluding steroid dienone is 1. The number of carbonyl (C=O) groups excluding carboxylic acids is 1. The smallest absolute Gasteiger partial charge is 0.410 e. The summed E-state index contributed by atoms with van der Waals surface area (Å²) in [6.45, 7) is 8.81. The van der Waals surface area contributed by atoms with Gasteiger partial charge in [0, 0.05) is 43.2 Å². The molecule has 0 aromatic heterocycles. The van der Waals surface area contributed by atoms with Gasteiger partial charge >= 0.3 is 6.09 Å². The second-order valence-electron chi connectivity index (χ2n) is 13.7. The first-order valence-corrected chi connectivity index (χ1v) is 18.8. The number of rotatable bonds is 19. The van der Waals surface area contributed by atoms with Crippen LogP contribution in [0.15, 0.2) is 71.9 Å². The average Bonchev–Trinajstić information content (AvgIpc) is 3.14. The van der Waals surface area contributed by atoms with Crippen molar-refractivity contribution < 1.29 is 43.2 Å². The number of hydrogen-bond donors (Lipinski definition) is 2. The molecule has 1 heterocycles. The van der Waals surface area contributed by atoms with Gasteiger partial charge in [-0.3, -0.25) is 4.90 Å². The molecule has 0 radical (unpaired) electrons. The van der Waals surface area contributed by atoms with Crippen LogP contribution < -0.4 is 9.47 Å². The van der Waals surface area contributed by atoms with Crippen molar-refractivity contribution >= 4 is 11.8 Å². The Bertz CT molecular complexity index is 1560. The standard InChI is InChI=1S/C41H55FN2O8/c1-5-20-44(40(47)49-7-3)37-26-35(43-48-4)32-24-28(14-10-12-21-45)31(16-11-13-22-46)38-33-25-30(50-27-29-15-8-9-17-34(29)42)18-19-36(33)52-41(37,39(32)38)51-23-6-2/h6,8-9,15,17-19,24-25,28,31,37-39,45-46H,2,5,7,10-14,16,20-23,26-27H2,1,3-4H3. The monoisotopic (exact) mass is 722 g/mol. The summed E-state index contributed by atoms with van der Waals surface area (Å²) in [7, 11) is 1.52. The molecule has 1 aliphatic heterocycles. The molecular formula is C41H55FN2O8. The first-order valence-electron chi connectivity index (χ1n) is 18.8. The number of nitrogens with zero attached hydrogens (tertiary/aromatic N) is 2. The lowest BCUT2D eigenvalue weighted by Gasteiger charge is -2.59. The quantitative estimate of drug-likeness (QED) is 0.0868. The molecule has 6 unspecified atom stereocenters. The number of unbranched alkanes of at least 4 members (excludes halogenated alkanes) is 2. The second-order valence-corrected chi connectivity index (χ2v) is 13.7. The molecule has 11 heteroatoms. The Balaban J connectivity index is 1.73. The fourth-order valence-corrected chi connectivity index (χ4v) is 8.45. The van der Waals surface area contributed by atoms with Gasteiger partial charge in [0.2, 0.25) is 5.79 Å². The fraction of sp³-hybridized carbons (Fsp3) is 0.561. The summed E-state index contributed by atoms with van der Waals surface area (Å²) < 4.78 is 40.5. The minimum atomic E-state index is -1.35. The molecule has 3 aliphatic rings. The molecule has 52 heavy (non-hydrogen) atoms. The highest BCUT2D eigenvalue weighted by molar-refractivity contribution is 6.02. The van der Waals surface area contributed by atoms with E-state index in [2.05, 4.69) is 17.8 Å². The number of halogens is 1. The number of fused-ring (bicyclic) bond motifs is 2. The zero-order valence-electron chi connectivity index (χ0n) is 30.8. The predicted molar refractivity (Wildman–Crippen MR) is 197 cm³/mol. The van der Waals surface area contributed by atoms with Crippen molar-refractivity contribution in [2.24, 2.45) is 22.9 Å². The van der Waals surface area contributed by atoms with Crippen LogP contribution in [0.4, 0.5) is 9.18 Å². The number of carbonyl (C=O) groups is 1. The van der Waals surface area contributed by atoms with E-state index in [9.17, 15) is 19.4 Å². The Kier molecular flexibility index (Phi) is 14.1. The van der Waals surface area contributed by atoms with Crippen LogP contribution in [0.25, 0.3) is 0 Å². The summed E-state index contributed by atoms with van der Waals surface area (Å²) in [5.74, 6) is -0.958. The van der Waals surface area contributed by atoms with E-state index >= 15 is 0 Å². The molecule has 2 aliphatic carbocycles. The van der Waals surface area contributed by atoms with Crippen LogP contribution >= 0.6 is 0 Å². The van der Waals surface area contributed by atoms with E-state index < -0.39 is 23.8 Å². The Hall–Kier alpha value is -3.93. The average molecular weight is 723 g/mol. The maximum Gasteiger partial charge on any atom is 0.410 e. The largest absolute Gasteiger partial charge is 0.489 e. The third-order valence-corrected chi connectivity index (χ3v) is 10.5. The topological polar surface area (TPSA) is 119 Å². The van der Waals surface area contributed by atoms with Crippen LogP contribution in [0.2, 0.25) is 0 Å². The summed E-state index contributed by atoms with van der Waals surface area (Å²) in [5.41, 5.74) is 3.04. The van der Waals surface area contributed by atoms with Crippen molar-refractivity contribution in [1.82, 2.24) is 4.90 Å². The van der Waals surface area contributed by atoms with Gasteiger partial charge in [-0.25, -0.2) is 9.18 Å². The zero-order valence-corrected chi connectivity index (χ0v) is 30.8. The van der Waals surface area contributed by atoms with Crippen molar-refractivity contribution in [2.45, 2.75) is 89.6 Å². The van der Waals surface area contributed by atoms with E-state index in [1.165, 1.54) is 13.2 Å². The highest BCUT2D eigenvalue weighted by Crippen LogP contribution is 2.62. The minimum absolute atomic E-state index is 0.0555. The third kappa shape index (κ3) is 8.32. The van der Waals surface area contributed by atoms with E-state index in [4.69, 9.17) is 23.8 Å². The first-order chi connectivity index (χ1) is 25.4. The van der Waals surface area contributed by atoms with Gasteiger partial charge in [0.05, 0.1) is 24.8 Å². The van der Waals surface area contributed by atoms with Crippen molar-refractivity contribution in [3.8, 4) is 11.5 Å².